The molecule has 0 N–H and O–H groups in total. The van der Waals surface area contributed by atoms with Crippen molar-refractivity contribution in [1.82, 2.24) is 9.97 Å². The number of methoxy groups -OCH3 is 1. The largest absolute Gasteiger partial charge is 0.464 e. The molecule has 1 aromatic heterocycles. The van der Waals surface area contributed by atoms with Crippen LogP contribution in [0, 0.1) is 0 Å². The Morgan fingerprint density at radius 3 is 3.00 bits per heavy atom. The van der Waals surface area contributed by atoms with Gasteiger partial charge >= 0.3 is 5.97 Å². The summed E-state index contributed by atoms with van der Waals surface area (Å²) in [7, 11) is 1.30. The highest BCUT2D eigenvalue weighted by molar-refractivity contribution is 9.10. The van der Waals surface area contributed by atoms with Crippen LogP contribution in [0.15, 0.2) is 17.0 Å². The monoisotopic (exact) mass is 216 g/mol. The number of carbonyl (C=O) groups is 1. The summed E-state index contributed by atoms with van der Waals surface area (Å²) in [5.41, 5.74) is 0.245. The first kappa shape index (κ1) is 8.13. The number of esters is 1. The molecule has 4 nitrogen and oxygen atoms in total. The molecule has 0 bridgehead atoms. The topological polar surface area (TPSA) is 52.1 Å². The summed E-state index contributed by atoms with van der Waals surface area (Å²) in [6.45, 7) is 0. The van der Waals surface area contributed by atoms with Gasteiger partial charge in [-0.05, 0) is 22.0 Å². The van der Waals surface area contributed by atoms with Crippen LogP contribution in [0.2, 0.25) is 0 Å². The number of halogens is 1. The Morgan fingerprint density at radius 2 is 2.45 bits per heavy atom. The molecule has 58 valence electrons. The number of ether oxygens (including phenoxy) is 1. The molecule has 0 saturated heterocycles. The van der Waals surface area contributed by atoms with E-state index in [0.717, 1.165) is 0 Å². The second kappa shape index (κ2) is 3.43. The fourth-order valence-electron chi connectivity index (χ4n) is 0.553. The SMILES string of the molecule is COC(=O)c1ccnc(Br)n1. The van der Waals surface area contributed by atoms with Gasteiger partial charge in [-0.1, -0.05) is 0 Å². The lowest BCUT2D eigenvalue weighted by Gasteiger charge is -1.96. The van der Waals surface area contributed by atoms with Crippen molar-refractivity contribution in [1.29, 1.82) is 0 Å². The molecule has 1 aromatic rings. The normalized spacial score (nSPS) is 9.27. The summed E-state index contributed by atoms with van der Waals surface area (Å²) in [6.07, 6.45) is 1.48. The van der Waals surface area contributed by atoms with Gasteiger partial charge in [0.25, 0.3) is 0 Å². The first-order valence-electron chi connectivity index (χ1n) is 2.81. The Hall–Kier alpha value is -0.970. The van der Waals surface area contributed by atoms with Crippen molar-refractivity contribution in [2.75, 3.05) is 7.11 Å². The van der Waals surface area contributed by atoms with Gasteiger partial charge in [-0.25, -0.2) is 14.8 Å². The first-order chi connectivity index (χ1) is 5.24. The average molecular weight is 217 g/mol. The lowest BCUT2D eigenvalue weighted by molar-refractivity contribution is 0.0593. The Balaban J connectivity index is 2.96. The van der Waals surface area contributed by atoms with E-state index in [9.17, 15) is 4.79 Å². The third-order valence-electron chi connectivity index (χ3n) is 1.02. The van der Waals surface area contributed by atoms with Crippen molar-refractivity contribution in [3.63, 3.8) is 0 Å². The second-order valence-electron chi connectivity index (χ2n) is 1.70. The van der Waals surface area contributed by atoms with Crippen molar-refractivity contribution in [2.24, 2.45) is 0 Å². The average Bonchev–Trinajstić information content (AvgIpc) is 2.03. The molecular weight excluding hydrogens is 212 g/mol. The van der Waals surface area contributed by atoms with Crippen molar-refractivity contribution >= 4 is 21.9 Å². The van der Waals surface area contributed by atoms with Crippen LogP contribution >= 0.6 is 15.9 Å². The molecule has 0 unspecified atom stereocenters. The molecule has 11 heavy (non-hydrogen) atoms. The Kier molecular flexibility index (Phi) is 2.53. The predicted molar refractivity (Wildman–Crippen MR) is 41.1 cm³/mol. The molecule has 0 aliphatic heterocycles. The van der Waals surface area contributed by atoms with Crippen LogP contribution in [0.5, 0.6) is 0 Å². The molecule has 0 radical (unpaired) electrons. The third-order valence-corrected chi connectivity index (χ3v) is 1.40. The lowest BCUT2D eigenvalue weighted by atomic mass is 10.4. The van der Waals surface area contributed by atoms with Crippen LogP contribution in [-0.2, 0) is 4.74 Å². The van der Waals surface area contributed by atoms with Gasteiger partial charge in [0, 0.05) is 6.20 Å². The van der Waals surface area contributed by atoms with Gasteiger partial charge in [0.1, 0.15) is 0 Å². The van der Waals surface area contributed by atoms with Crippen molar-refractivity contribution in [3.8, 4) is 0 Å². The fourth-order valence-corrected chi connectivity index (χ4v) is 0.862. The predicted octanol–water partition coefficient (Wildman–Crippen LogP) is 1.03. The zero-order valence-electron chi connectivity index (χ0n) is 5.74. The minimum Gasteiger partial charge on any atom is -0.464 e. The van der Waals surface area contributed by atoms with Crippen LogP contribution < -0.4 is 0 Å². The van der Waals surface area contributed by atoms with Gasteiger partial charge in [-0.2, -0.15) is 0 Å². The van der Waals surface area contributed by atoms with Gasteiger partial charge in [-0.15, -0.1) is 0 Å². The molecule has 0 atom stereocenters. The van der Waals surface area contributed by atoms with E-state index < -0.39 is 5.97 Å². The summed E-state index contributed by atoms with van der Waals surface area (Å²) in [4.78, 5) is 18.4. The fraction of sp³-hybridized carbons (Fsp3) is 0.167. The maximum Gasteiger partial charge on any atom is 0.356 e. The summed E-state index contributed by atoms with van der Waals surface area (Å²) < 4.78 is 4.82. The highest BCUT2D eigenvalue weighted by Gasteiger charge is 2.06. The van der Waals surface area contributed by atoms with Gasteiger partial charge in [-0.3, -0.25) is 0 Å². The molecule has 0 fully saturated rings. The van der Waals surface area contributed by atoms with Gasteiger partial charge < -0.3 is 4.74 Å². The van der Waals surface area contributed by atoms with Gasteiger partial charge in [0.05, 0.1) is 7.11 Å². The summed E-state index contributed by atoms with van der Waals surface area (Å²) in [6, 6.07) is 1.48. The number of aromatic nitrogens is 2. The van der Waals surface area contributed by atoms with Crippen LogP contribution in [0.3, 0.4) is 0 Å². The maximum atomic E-state index is 10.8. The molecule has 0 amide bonds. The third kappa shape index (κ3) is 1.98. The number of hydrogen-bond acceptors (Lipinski definition) is 4. The zero-order chi connectivity index (χ0) is 8.27. The number of nitrogens with zero attached hydrogens (tertiary/aromatic N) is 2. The number of carbonyl (C=O) groups excluding carboxylic acids is 1. The summed E-state index contributed by atoms with van der Waals surface area (Å²) >= 11 is 3.03. The van der Waals surface area contributed by atoms with E-state index in [-0.39, 0.29) is 5.69 Å². The highest BCUT2D eigenvalue weighted by Crippen LogP contribution is 2.02. The molecule has 1 rings (SSSR count). The zero-order valence-corrected chi connectivity index (χ0v) is 7.33. The summed E-state index contributed by atoms with van der Waals surface area (Å²) in [5.74, 6) is -0.465. The minimum atomic E-state index is -0.465. The molecule has 0 aromatic carbocycles. The van der Waals surface area contributed by atoms with E-state index in [2.05, 4.69) is 30.6 Å². The van der Waals surface area contributed by atoms with Crippen molar-refractivity contribution < 1.29 is 9.53 Å². The Bertz CT molecular complexity index is 277. The van der Waals surface area contributed by atoms with E-state index in [1.807, 2.05) is 0 Å². The Morgan fingerprint density at radius 1 is 1.73 bits per heavy atom. The van der Waals surface area contributed by atoms with E-state index in [0.29, 0.717) is 4.73 Å². The smallest absolute Gasteiger partial charge is 0.356 e. The molecule has 0 saturated carbocycles. The van der Waals surface area contributed by atoms with Crippen LogP contribution in [0.4, 0.5) is 0 Å². The van der Waals surface area contributed by atoms with E-state index in [1.54, 1.807) is 0 Å². The standard InChI is InChI=1S/C6H5BrN2O2/c1-11-5(10)4-2-3-8-6(7)9-4/h2-3H,1H3. The molecule has 0 spiro atoms. The summed E-state index contributed by atoms with van der Waals surface area (Å²) in [5, 5.41) is 0. The molecular formula is C6H5BrN2O2. The molecule has 1 heterocycles. The van der Waals surface area contributed by atoms with E-state index >= 15 is 0 Å². The van der Waals surface area contributed by atoms with Crippen molar-refractivity contribution in [3.05, 3.63) is 22.7 Å². The second-order valence-corrected chi connectivity index (χ2v) is 2.41. The van der Waals surface area contributed by atoms with Crippen LogP contribution in [-0.4, -0.2) is 23.0 Å². The van der Waals surface area contributed by atoms with Gasteiger partial charge in [0.2, 0.25) is 0 Å². The Labute approximate surface area is 71.7 Å². The van der Waals surface area contributed by atoms with Crippen LogP contribution in [0.25, 0.3) is 0 Å². The molecule has 0 aliphatic rings. The molecule has 5 heteroatoms. The maximum absolute atomic E-state index is 10.8. The van der Waals surface area contributed by atoms with E-state index in [1.165, 1.54) is 19.4 Å². The van der Waals surface area contributed by atoms with Gasteiger partial charge in [0.15, 0.2) is 10.4 Å². The minimum absolute atomic E-state index is 0.245. The van der Waals surface area contributed by atoms with E-state index in [4.69, 9.17) is 0 Å². The number of hydrogen-bond donors (Lipinski definition) is 0. The highest BCUT2D eigenvalue weighted by atomic mass is 79.9. The lowest BCUT2D eigenvalue weighted by Crippen LogP contribution is -2.04. The van der Waals surface area contributed by atoms with Crippen LogP contribution in [0.1, 0.15) is 10.5 Å². The number of rotatable bonds is 1. The quantitative estimate of drug-likeness (QED) is 0.520. The first-order valence-corrected chi connectivity index (χ1v) is 3.60. The molecule has 0 aliphatic carbocycles. The van der Waals surface area contributed by atoms with Crippen molar-refractivity contribution in [2.45, 2.75) is 0 Å².